The number of phenols is 1. The zero-order valence-corrected chi connectivity index (χ0v) is 19.9. The van der Waals surface area contributed by atoms with Gasteiger partial charge in [0.15, 0.2) is 5.96 Å². The molecule has 0 aliphatic heterocycles. The van der Waals surface area contributed by atoms with Crippen molar-refractivity contribution in [2.24, 2.45) is 10.7 Å². The molecule has 11 heteroatoms. The number of carboxylic acid groups (broad SMARTS) is 1. The van der Waals surface area contributed by atoms with E-state index < -0.39 is 12.0 Å². The molecule has 0 spiro atoms. The first-order valence-corrected chi connectivity index (χ1v) is 11.7. The minimum absolute atomic E-state index is 0.0635. The number of amides is 1. The standard InChI is InChI=1S/C25H31N7O4/c26-25(28-14-12-18-8-10-21(33)11-9-18)27-13-4-7-20-16-32(31-30-20)17-23(34)29-22(15-24(35)36)19-5-2-1-3-6-19/h1-3,5-6,8-11,16,22,33H,4,7,12-15,17H2,(H,29,34)(H,35,36)(H3,26,27,28). The van der Waals surface area contributed by atoms with Crippen LogP contribution in [0.4, 0.5) is 0 Å². The van der Waals surface area contributed by atoms with Crippen molar-refractivity contribution in [3.63, 3.8) is 0 Å². The van der Waals surface area contributed by atoms with Gasteiger partial charge in [0.05, 0.1) is 18.2 Å². The normalized spacial score (nSPS) is 12.2. The summed E-state index contributed by atoms with van der Waals surface area (Å²) in [7, 11) is 0. The van der Waals surface area contributed by atoms with Crippen LogP contribution >= 0.6 is 0 Å². The van der Waals surface area contributed by atoms with Gasteiger partial charge in [-0.25, -0.2) is 4.68 Å². The lowest BCUT2D eigenvalue weighted by Crippen LogP contribution is -2.33. The fourth-order valence-corrected chi connectivity index (χ4v) is 3.54. The lowest BCUT2D eigenvalue weighted by atomic mass is 10.0. The topological polar surface area (TPSA) is 168 Å². The predicted octanol–water partition coefficient (Wildman–Crippen LogP) is 1.40. The van der Waals surface area contributed by atoms with E-state index in [1.54, 1.807) is 42.6 Å². The number of nitrogens with zero attached hydrogens (tertiary/aromatic N) is 4. The van der Waals surface area contributed by atoms with Crippen molar-refractivity contribution in [1.29, 1.82) is 0 Å². The maximum atomic E-state index is 12.5. The molecule has 0 bridgehead atoms. The molecule has 2 aromatic carbocycles. The first kappa shape index (κ1) is 26.2. The van der Waals surface area contributed by atoms with Crippen LogP contribution in [0.3, 0.4) is 0 Å². The maximum Gasteiger partial charge on any atom is 0.305 e. The molecule has 1 unspecified atom stereocenters. The van der Waals surface area contributed by atoms with E-state index in [-0.39, 0.29) is 24.6 Å². The van der Waals surface area contributed by atoms with Gasteiger partial charge in [0.2, 0.25) is 5.91 Å². The van der Waals surface area contributed by atoms with Gasteiger partial charge in [0.25, 0.3) is 0 Å². The maximum absolute atomic E-state index is 12.5. The number of aliphatic carboxylic acids is 1. The van der Waals surface area contributed by atoms with Crippen LogP contribution in [0.1, 0.15) is 35.7 Å². The molecule has 3 rings (SSSR count). The molecule has 190 valence electrons. The van der Waals surface area contributed by atoms with Gasteiger partial charge in [0.1, 0.15) is 12.3 Å². The zero-order valence-electron chi connectivity index (χ0n) is 19.9. The second-order valence-corrected chi connectivity index (χ2v) is 8.25. The van der Waals surface area contributed by atoms with Gasteiger partial charge in [-0.15, -0.1) is 5.10 Å². The van der Waals surface area contributed by atoms with E-state index >= 15 is 0 Å². The Morgan fingerprint density at radius 1 is 1.08 bits per heavy atom. The Morgan fingerprint density at radius 3 is 2.56 bits per heavy atom. The summed E-state index contributed by atoms with van der Waals surface area (Å²) in [6, 6.07) is 15.4. The molecule has 1 heterocycles. The van der Waals surface area contributed by atoms with Gasteiger partial charge < -0.3 is 26.6 Å². The molecule has 0 aliphatic carbocycles. The molecule has 1 atom stereocenters. The molecule has 0 aliphatic rings. The number of aromatic hydroxyl groups is 1. The van der Waals surface area contributed by atoms with Crippen molar-refractivity contribution < 1.29 is 19.8 Å². The Morgan fingerprint density at radius 2 is 1.83 bits per heavy atom. The van der Waals surface area contributed by atoms with Crippen molar-refractivity contribution >= 4 is 17.8 Å². The summed E-state index contributed by atoms with van der Waals surface area (Å²) >= 11 is 0. The van der Waals surface area contributed by atoms with Crippen LogP contribution in [0, 0.1) is 0 Å². The SMILES string of the molecule is NC(=NCCCc1cn(CC(=O)NC(CC(=O)O)c2ccccc2)nn1)NCCc1ccc(O)cc1. The number of benzene rings is 2. The van der Waals surface area contributed by atoms with Crippen LogP contribution in [0.2, 0.25) is 0 Å². The Labute approximate surface area is 209 Å². The van der Waals surface area contributed by atoms with Crippen LogP contribution in [-0.2, 0) is 29.0 Å². The predicted molar refractivity (Wildman–Crippen MR) is 134 cm³/mol. The minimum atomic E-state index is -0.997. The molecule has 3 aromatic rings. The molecule has 0 fully saturated rings. The van der Waals surface area contributed by atoms with Crippen molar-refractivity contribution in [1.82, 2.24) is 25.6 Å². The lowest BCUT2D eigenvalue weighted by Gasteiger charge is -2.17. The minimum Gasteiger partial charge on any atom is -0.508 e. The first-order chi connectivity index (χ1) is 17.4. The van der Waals surface area contributed by atoms with Crippen molar-refractivity contribution in [3.05, 3.63) is 77.6 Å². The van der Waals surface area contributed by atoms with Crippen LogP contribution < -0.4 is 16.4 Å². The smallest absolute Gasteiger partial charge is 0.305 e. The number of hydrogen-bond donors (Lipinski definition) is 5. The number of aromatic nitrogens is 3. The molecular formula is C25H31N7O4. The Bertz CT molecular complexity index is 1150. The number of carbonyl (C=O) groups is 2. The third kappa shape index (κ3) is 9.09. The molecule has 1 aromatic heterocycles. The van der Waals surface area contributed by atoms with Crippen LogP contribution in [0.15, 0.2) is 65.8 Å². The molecule has 1 amide bonds. The fraction of sp³-hybridized carbons (Fsp3) is 0.320. The largest absolute Gasteiger partial charge is 0.508 e. The Kier molecular flexibility index (Phi) is 9.80. The molecule has 0 radical (unpaired) electrons. The average Bonchev–Trinajstić information content (AvgIpc) is 3.30. The quantitative estimate of drug-likeness (QED) is 0.135. The molecule has 6 N–H and O–H groups in total. The summed E-state index contributed by atoms with van der Waals surface area (Å²) in [5.74, 6) is -0.743. The third-order valence-electron chi connectivity index (χ3n) is 5.34. The summed E-state index contributed by atoms with van der Waals surface area (Å²) in [4.78, 5) is 28.0. The number of carbonyl (C=O) groups excluding carboxylic acids is 1. The number of carboxylic acids is 1. The van der Waals surface area contributed by atoms with E-state index in [1.807, 2.05) is 18.2 Å². The van der Waals surface area contributed by atoms with Crippen molar-refractivity contribution in [2.45, 2.75) is 38.3 Å². The summed E-state index contributed by atoms with van der Waals surface area (Å²) < 4.78 is 1.43. The highest BCUT2D eigenvalue weighted by Crippen LogP contribution is 2.16. The highest BCUT2D eigenvalue weighted by molar-refractivity contribution is 5.78. The van der Waals surface area contributed by atoms with Crippen molar-refractivity contribution in [3.8, 4) is 5.75 Å². The van der Waals surface area contributed by atoms with E-state index in [0.717, 1.165) is 23.2 Å². The van der Waals surface area contributed by atoms with Gasteiger partial charge in [-0.1, -0.05) is 47.7 Å². The first-order valence-electron chi connectivity index (χ1n) is 11.7. The van der Waals surface area contributed by atoms with Crippen LogP contribution in [0.5, 0.6) is 5.75 Å². The number of rotatable bonds is 13. The number of aryl methyl sites for hydroxylation is 1. The van der Waals surface area contributed by atoms with Gasteiger partial charge in [0, 0.05) is 19.3 Å². The van der Waals surface area contributed by atoms with E-state index in [2.05, 4.69) is 25.9 Å². The summed E-state index contributed by atoms with van der Waals surface area (Å²) in [5, 5.41) is 32.4. The number of aliphatic imine (C=N–C) groups is 1. The molecular weight excluding hydrogens is 462 g/mol. The molecule has 0 saturated carbocycles. The van der Waals surface area contributed by atoms with Crippen LogP contribution in [-0.4, -0.2) is 56.1 Å². The Balaban J connectivity index is 1.38. The summed E-state index contributed by atoms with van der Waals surface area (Å²) in [6.45, 7) is 1.08. The average molecular weight is 494 g/mol. The van der Waals surface area contributed by atoms with Crippen molar-refractivity contribution in [2.75, 3.05) is 13.1 Å². The van der Waals surface area contributed by atoms with Crippen LogP contribution in [0.25, 0.3) is 0 Å². The summed E-state index contributed by atoms with van der Waals surface area (Å²) in [5.41, 5.74) is 8.43. The number of guanidine groups is 1. The second kappa shape index (κ2) is 13.5. The fourth-order valence-electron chi connectivity index (χ4n) is 3.54. The number of hydrogen-bond acceptors (Lipinski definition) is 6. The monoisotopic (exact) mass is 493 g/mol. The van der Waals surface area contributed by atoms with Gasteiger partial charge >= 0.3 is 5.97 Å². The number of phenolic OH excluding ortho intramolecular Hbond substituents is 1. The van der Waals surface area contributed by atoms with Gasteiger partial charge in [-0.3, -0.25) is 14.6 Å². The van der Waals surface area contributed by atoms with Gasteiger partial charge in [-0.05, 0) is 42.5 Å². The molecule has 36 heavy (non-hydrogen) atoms. The molecule has 11 nitrogen and oxygen atoms in total. The number of nitrogens with two attached hydrogens (primary N) is 1. The number of nitrogens with one attached hydrogen (secondary N) is 2. The van der Waals surface area contributed by atoms with E-state index in [4.69, 9.17) is 5.73 Å². The highest BCUT2D eigenvalue weighted by atomic mass is 16.4. The summed E-state index contributed by atoms with van der Waals surface area (Å²) in [6.07, 6.45) is 3.57. The lowest BCUT2D eigenvalue weighted by molar-refractivity contribution is -0.137. The Hall–Kier alpha value is -4.41. The van der Waals surface area contributed by atoms with E-state index in [9.17, 15) is 19.8 Å². The van der Waals surface area contributed by atoms with Gasteiger partial charge in [-0.2, -0.15) is 0 Å². The van der Waals surface area contributed by atoms with E-state index in [0.29, 0.717) is 31.9 Å². The zero-order chi connectivity index (χ0) is 25.8. The molecule has 0 saturated heterocycles. The third-order valence-corrected chi connectivity index (χ3v) is 5.34. The second-order valence-electron chi connectivity index (χ2n) is 8.25. The van der Waals surface area contributed by atoms with E-state index in [1.165, 1.54) is 4.68 Å². The highest BCUT2D eigenvalue weighted by Gasteiger charge is 2.18.